The maximum Gasteiger partial charge on any atom is 0.334 e. The van der Waals surface area contributed by atoms with Crippen LogP contribution in [0.4, 0.5) is 0 Å². The summed E-state index contributed by atoms with van der Waals surface area (Å²) >= 11 is 0. The van der Waals surface area contributed by atoms with Crippen LogP contribution in [0.2, 0.25) is 0 Å². The van der Waals surface area contributed by atoms with Gasteiger partial charge < -0.3 is 4.74 Å². The van der Waals surface area contributed by atoms with Gasteiger partial charge in [-0.15, -0.1) is 0 Å². The van der Waals surface area contributed by atoms with Crippen molar-refractivity contribution in [1.29, 1.82) is 0 Å². The van der Waals surface area contributed by atoms with Crippen LogP contribution < -0.4 is 0 Å². The van der Waals surface area contributed by atoms with Gasteiger partial charge in [-0.1, -0.05) is 19.1 Å². The summed E-state index contributed by atoms with van der Waals surface area (Å²) in [5.41, 5.74) is 1.85. The Kier molecular flexibility index (Phi) is 2.69. The fourth-order valence-corrected chi connectivity index (χ4v) is 1.52. The molecule has 12 heavy (non-hydrogen) atoms. The fraction of sp³-hybridized carbons (Fsp3) is 0.500. The second kappa shape index (κ2) is 3.57. The van der Waals surface area contributed by atoms with Crippen molar-refractivity contribution in [2.75, 3.05) is 7.11 Å². The molecule has 0 spiro atoms. The lowest BCUT2D eigenvalue weighted by atomic mass is 9.89. The minimum absolute atomic E-state index is 0.190. The Hall–Kier alpha value is -1.05. The second-order valence-electron chi connectivity index (χ2n) is 3.13. The molecule has 0 N–H and O–H groups in total. The van der Waals surface area contributed by atoms with Gasteiger partial charge in [-0.3, -0.25) is 0 Å². The van der Waals surface area contributed by atoms with Crippen molar-refractivity contribution in [3.05, 3.63) is 23.3 Å². The first-order chi connectivity index (χ1) is 5.66. The first-order valence-electron chi connectivity index (χ1n) is 4.12. The highest BCUT2D eigenvalue weighted by Crippen LogP contribution is 2.25. The molecule has 1 aliphatic rings. The van der Waals surface area contributed by atoms with E-state index in [1.54, 1.807) is 0 Å². The molecule has 2 heteroatoms. The van der Waals surface area contributed by atoms with Crippen molar-refractivity contribution >= 4 is 5.97 Å². The van der Waals surface area contributed by atoms with Crippen LogP contribution in [0.25, 0.3) is 0 Å². The number of carbonyl (C=O) groups is 1. The van der Waals surface area contributed by atoms with Crippen molar-refractivity contribution in [3.63, 3.8) is 0 Å². The maximum atomic E-state index is 11.3. The molecule has 0 aliphatic heterocycles. The minimum Gasteiger partial charge on any atom is -0.466 e. The number of hydrogen-bond acceptors (Lipinski definition) is 2. The number of carbonyl (C=O) groups excluding carboxylic acids is 1. The maximum absolute atomic E-state index is 11.3. The van der Waals surface area contributed by atoms with Gasteiger partial charge in [0.25, 0.3) is 0 Å². The molecular weight excluding hydrogens is 152 g/mol. The first-order valence-corrected chi connectivity index (χ1v) is 4.12. The molecular formula is C10H14O2. The Labute approximate surface area is 72.9 Å². The average molecular weight is 166 g/mol. The normalized spacial score (nSPS) is 22.8. The summed E-state index contributed by atoms with van der Waals surface area (Å²) < 4.78 is 4.70. The van der Waals surface area contributed by atoms with E-state index in [4.69, 9.17) is 4.74 Å². The highest BCUT2D eigenvalue weighted by Gasteiger charge is 2.20. The van der Waals surface area contributed by atoms with E-state index in [1.165, 1.54) is 7.11 Å². The summed E-state index contributed by atoms with van der Waals surface area (Å²) in [6.07, 6.45) is 5.00. The van der Waals surface area contributed by atoms with Crippen molar-refractivity contribution in [2.24, 2.45) is 5.92 Å². The lowest BCUT2D eigenvalue weighted by Gasteiger charge is -2.17. The topological polar surface area (TPSA) is 26.3 Å². The van der Waals surface area contributed by atoms with Crippen molar-refractivity contribution in [3.8, 4) is 0 Å². The zero-order valence-corrected chi connectivity index (χ0v) is 7.76. The van der Waals surface area contributed by atoms with E-state index in [2.05, 4.69) is 6.08 Å². The van der Waals surface area contributed by atoms with E-state index in [-0.39, 0.29) is 5.97 Å². The molecule has 1 aliphatic carbocycles. The molecule has 0 heterocycles. The monoisotopic (exact) mass is 166 g/mol. The van der Waals surface area contributed by atoms with Gasteiger partial charge in [0, 0.05) is 5.57 Å². The van der Waals surface area contributed by atoms with Crippen LogP contribution >= 0.6 is 0 Å². The minimum atomic E-state index is -0.190. The largest absolute Gasteiger partial charge is 0.466 e. The van der Waals surface area contributed by atoms with E-state index >= 15 is 0 Å². The highest BCUT2D eigenvalue weighted by atomic mass is 16.5. The Balaban J connectivity index is 2.96. The summed E-state index contributed by atoms with van der Waals surface area (Å²) in [4.78, 5) is 11.3. The molecule has 0 fully saturated rings. The molecule has 0 radical (unpaired) electrons. The number of ether oxygens (including phenoxy) is 1. The molecule has 1 rings (SSSR count). The van der Waals surface area contributed by atoms with Crippen LogP contribution in [-0.4, -0.2) is 13.1 Å². The van der Waals surface area contributed by atoms with Gasteiger partial charge in [0.2, 0.25) is 0 Å². The second-order valence-corrected chi connectivity index (χ2v) is 3.13. The van der Waals surface area contributed by atoms with Crippen LogP contribution in [0.5, 0.6) is 0 Å². The summed E-state index contributed by atoms with van der Waals surface area (Å²) in [5.74, 6) is 0.104. The lowest BCUT2D eigenvalue weighted by Crippen LogP contribution is -2.15. The fourth-order valence-electron chi connectivity index (χ4n) is 1.52. The quantitative estimate of drug-likeness (QED) is 0.557. The SMILES string of the molecule is COC(=O)C1=C(C)C=CCC1C. The van der Waals surface area contributed by atoms with Crippen LogP contribution in [0.1, 0.15) is 20.3 Å². The Morgan fingerprint density at radius 3 is 2.83 bits per heavy atom. The van der Waals surface area contributed by atoms with E-state index in [0.29, 0.717) is 5.92 Å². The van der Waals surface area contributed by atoms with E-state index in [1.807, 2.05) is 19.9 Å². The highest BCUT2D eigenvalue weighted by molar-refractivity contribution is 5.90. The van der Waals surface area contributed by atoms with Gasteiger partial charge in [0.05, 0.1) is 7.11 Å². The van der Waals surface area contributed by atoms with Crippen LogP contribution in [-0.2, 0) is 9.53 Å². The molecule has 66 valence electrons. The van der Waals surface area contributed by atoms with Gasteiger partial charge in [-0.2, -0.15) is 0 Å². The van der Waals surface area contributed by atoms with Gasteiger partial charge >= 0.3 is 5.97 Å². The molecule has 0 amide bonds. The molecule has 0 aromatic heterocycles. The zero-order valence-electron chi connectivity index (χ0n) is 7.76. The number of allylic oxidation sites excluding steroid dienone is 3. The molecule has 0 aromatic rings. The Morgan fingerprint density at radius 1 is 1.67 bits per heavy atom. The van der Waals surface area contributed by atoms with Crippen molar-refractivity contribution in [2.45, 2.75) is 20.3 Å². The number of methoxy groups -OCH3 is 1. The molecule has 0 aromatic carbocycles. The van der Waals surface area contributed by atoms with Gasteiger partial charge in [0.1, 0.15) is 0 Å². The number of esters is 1. The first kappa shape index (κ1) is 9.04. The predicted molar refractivity (Wildman–Crippen MR) is 47.6 cm³/mol. The van der Waals surface area contributed by atoms with E-state index in [9.17, 15) is 4.79 Å². The molecule has 1 unspecified atom stereocenters. The van der Waals surface area contributed by atoms with Crippen molar-refractivity contribution < 1.29 is 9.53 Å². The number of hydrogen-bond donors (Lipinski definition) is 0. The van der Waals surface area contributed by atoms with Crippen molar-refractivity contribution in [1.82, 2.24) is 0 Å². The molecule has 0 saturated heterocycles. The van der Waals surface area contributed by atoms with Crippen LogP contribution in [0.3, 0.4) is 0 Å². The summed E-state index contributed by atoms with van der Waals surface area (Å²) in [6, 6.07) is 0. The molecule has 1 atom stereocenters. The third kappa shape index (κ3) is 1.58. The Bertz CT molecular complexity index is 249. The lowest BCUT2D eigenvalue weighted by molar-refractivity contribution is -0.136. The third-order valence-electron chi connectivity index (χ3n) is 2.18. The third-order valence-corrected chi connectivity index (χ3v) is 2.18. The molecule has 0 saturated carbocycles. The number of rotatable bonds is 1. The smallest absolute Gasteiger partial charge is 0.334 e. The zero-order chi connectivity index (χ0) is 9.14. The summed E-state index contributed by atoms with van der Waals surface area (Å²) in [7, 11) is 1.42. The average Bonchev–Trinajstić information content (AvgIpc) is 2.03. The van der Waals surface area contributed by atoms with Crippen LogP contribution in [0, 0.1) is 5.92 Å². The van der Waals surface area contributed by atoms with Gasteiger partial charge in [-0.05, 0) is 24.8 Å². The predicted octanol–water partition coefficient (Wildman–Crippen LogP) is 2.07. The van der Waals surface area contributed by atoms with Gasteiger partial charge in [-0.25, -0.2) is 4.79 Å². The van der Waals surface area contributed by atoms with Gasteiger partial charge in [0.15, 0.2) is 0 Å². The van der Waals surface area contributed by atoms with E-state index < -0.39 is 0 Å². The van der Waals surface area contributed by atoms with Crippen LogP contribution in [0.15, 0.2) is 23.3 Å². The Morgan fingerprint density at radius 2 is 2.33 bits per heavy atom. The summed E-state index contributed by atoms with van der Waals surface area (Å²) in [6.45, 7) is 3.98. The summed E-state index contributed by atoms with van der Waals surface area (Å²) in [5, 5.41) is 0. The molecule has 0 bridgehead atoms. The van der Waals surface area contributed by atoms with E-state index in [0.717, 1.165) is 17.6 Å². The molecule has 2 nitrogen and oxygen atoms in total. The standard InChI is InChI=1S/C10H14O2/c1-7-5-4-6-8(2)9(7)10(11)12-3/h4-5,8H,6H2,1-3H3.